The van der Waals surface area contributed by atoms with Crippen LogP contribution in [0, 0.1) is 5.92 Å². The largest absolute Gasteiger partial charge is 0.490 e. The number of benzene rings is 1. The van der Waals surface area contributed by atoms with Crippen LogP contribution in [-0.2, 0) is 14.3 Å². The number of nitrogens with one attached hydrogen (secondary N) is 1. The molecule has 0 radical (unpaired) electrons. The minimum Gasteiger partial charge on any atom is -0.490 e. The topological polar surface area (TPSA) is 90.9 Å². The molecule has 0 aromatic heterocycles. The van der Waals surface area contributed by atoms with Gasteiger partial charge in [-0.2, -0.15) is 0 Å². The summed E-state index contributed by atoms with van der Waals surface area (Å²) < 4.78 is 16.2. The first-order valence-electron chi connectivity index (χ1n) is 10.4. The summed E-state index contributed by atoms with van der Waals surface area (Å²) in [5.41, 5.74) is 0.464. The average molecular weight is 403 g/mol. The van der Waals surface area contributed by atoms with E-state index < -0.39 is 5.97 Å². The lowest BCUT2D eigenvalue weighted by Crippen LogP contribution is -2.42. The number of esters is 1. The molecule has 1 saturated carbocycles. The smallest absolute Gasteiger partial charge is 0.306 e. The minimum atomic E-state index is -0.556. The van der Waals surface area contributed by atoms with Crippen molar-refractivity contribution in [2.45, 2.75) is 57.9 Å². The zero-order chi connectivity index (χ0) is 20.6. The van der Waals surface area contributed by atoms with Gasteiger partial charge in [0.25, 0.3) is 5.91 Å². The molecule has 1 N–H and O–H groups in total. The molecule has 1 heterocycles. The number of fused-ring (bicyclic) bond motifs is 1. The Morgan fingerprint density at radius 3 is 2.59 bits per heavy atom. The van der Waals surface area contributed by atoms with Crippen molar-refractivity contribution in [2.24, 2.45) is 5.92 Å². The normalized spacial score (nSPS) is 21.0. The molecule has 7 heteroatoms. The van der Waals surface area contributed by atoms with Gasteiger partial charge in [0.2, 0.25) is 0 Å². The summed E-state index contributed by atoms with van der Waals surface area (Å²) in [6.07, 6.45) is 5.10. The van der Waals surface area contributed by atoms with Crippen LogP contribution in [-0.4, -0.2) is 43.5 Å². The van der Waals surface area contributed by atoms with Crippen LogP contribution in [0.3, 0.4) is 0 Å². The number of ether oxygens (including phenoxy) is 3. The van der Waals surface area contributed by atoms with Crippen molar-refractivity contribution in [1.82, 2.24) is 5.32 Å². The number of Topliss-reactive ketones (excluding diaryl/α,β-unsaturated/α-hetero) is 1. The Hall–Kier alpha value is -2.57. The maximum Gasteiger partial charge on any atom is 0.306 e. The van der Waals surface area contributed by atoms with Gasteiger partial charge in [-0.15, -0.1) is 0 Å². The van der Waals surface area contributed by atoms with E-state index in [4.69, 9.17) is 14.2 Å². The van der Waals surface area contributed by atoms with Crippen LogP contribution >= 0.6 is 0 Å². The van der Waals surface area contributed by atoms with Crippen molar-refractivity contribution >= 4 is 17.7 Å². The Kier molecular flexibility index (Phi) is 7.49. The van der Waals surface area contributed by atoms with E-state index in [1.54, 1.807) is 18.2 Å². The molecular weight excluding hydrogens is 374 g/mol. The standard InChI is InChI=1S/C22H29NO6/c1-15-5-2-3-6-17(15)23-21(25)14-29-22(26)10-8-18(24)16-7-9-19-20(13-16)28-12-4-11-27-19/h7,9,13,15,17H,2-6,8,10-12,14H2,1H3,(H,23,25)/t15-,17+/m1/s1. The second kappa shape index (κ2) is 10.3. The molecule has 1 amide bonds. The Morgan fingerprint density at radius 2 is 1.79 bits per heavy atom. The summed E-state index contributed by atoms with van der Waals surface area (Å²) in [6, 6.07) is 5.17. The van der Waals surface area contributed by atoms with Gasteiger partial charge in [-0.1, -0.05) is 19.8 Å². The molecule has 2 aliphatic rings. The lowest BCUT2D eigenvalue weighted by Gasteiger charge is -2.29. The summed E-state index contributed by atoms with van der Waals surface area (Å²) in [7, 11) is 0. The van der Waals surface area contributed by atoms with E-state index in [1.807, 2.05) is 0 Å². The fourth-order valence-corrected chi connectivity index (χ4v) is 3.69. The molecule has 158 valence electrons. The van der Waals surface area contributed by atoms with E-state index in [0.29, 0.717) is 36.2 Å². The molecule has 0 bridgehead atoms. The highest BCUT2D eigenvalue weighted by Crippen LogP contribution is 2.31. The molecule has 2 atom stereocenters. The van der Waals surface area contributed by atoms with Crippen LogP contribution in [0.15, 0.2) is 18.2 Å². The van der Waals surface area contributed by atoms with Crippen molar-refractivity contribution in [1.29, 1.82) is 0 Å². The van der Waals surface area contributed by atoms with Gasteiger partial charge in [-0.05, 0) is 37.0 Å². The number of rotatable bonds is 7. The first-order chi connectivity index (χ1) is 14.0. The maximum atomic E-state index is 12.4. The summed E-state index contributed by atoms with van der Waals surface area (Å²) >= 11 is 0. The fourth-order valence-electron chi connectivity index (χ4n) is 3.69. The second-order valence-electron chi connectivity index (χ2n) is 7.73. The van der Waals surface area contributed by atoms with Crippen molar-refractivity contribution < 1.29 is 28.6 Å². The van der Waals surface area contributed by atoms with Crippen molar-refractivity contribution in [3.8, 4) is 11.5 Å². The van der Waals surface area contributed by atoms with Gasteiger partial charge in [0.05, 0.1) is 19.6 Å². The summed E-state index contributed by atoms with van der Waals surface area (Å²) in [4.78, 5) is 36.3. The average Bonchev–Trinajstić information content (AvgIpc) is 2.97. The minimum absolute atomic E-state index is 0.0136. The van der Waals surface area contributed by atoms with E-state index in [0.717, 1.165) is 25.7 Å². The van der Waals surface area contributed by atoms with Crippen LogP contribution in [0.4, 0.5) is 0 Å². The van der Waals surface area contributed by atoms with Gasteiger partial charge in [0.1, 0.15) is 0 Å². The predicted molar refractivity (Wildman–Crippen MR) is 106 cm³/mol. The van der Waals surface area contributed by atoms with Crippen LogP contribution in [0.1, 0.15) is 62.2 Å². The van der Waals surface area contributed by atoms with E-state index in [1.165, 1.54) is 6.42 Å². The molecule has 0 unspecified atom stereocenters. The van der Waals surface area contributed by atoms with E-state index in [9.17, 15) is 14.4 Å². The monoisotopic (exact) mass is 403 g/mol. The Bertz CT molecular complexity index is 747. The second-order valence-corrected chi connectivity index (χ2v) is 7.73. The van der Waals surface area contributed by atoms with E-state index >= 15 is 0 Å². The van der Waals surface area contributed by atoms with Gasteiger partial charge < -0.3 is 19.5 Å². The van der Waals surface area contributed by atoms with Crippen molar-refractivity contribution in [2.75, 3.05) is 19.8 Å². The molecule has 1 aliphatic carbocycles. The van der Waals surface area contributed by atoms with E-state index in [2.05, 4.69) is 12.2 Å². The van der Waals surface area contributed by atoms with Crippen molar-refractivity contribution in [3.63, 3.8) is 0 Å². The lowest BCUT2D eigenvalue weighted by atomic mass is 9.86. The van der Waals surface area contributed by atoms with Crippen molar-refractivity contribution in [3.05, 3.63) is 23.8 Å². The highest BCUT2D eigenvalue weighted by molar-refractivity contribution is 5.98. The first-order valence-corrected chi connectivity index (χ1v) is 10.4. The highest BCUT2D eigenvalue weighted by atomic mass is 16.5. The Balaban J connectivity index is 1.40. The number of hydrogen-bond acceptors (Lipinski definition) is 6. The zero-order valence-corrected chi connectivity index (χ0v) is 16.9. The lowest BCUT2D eigenvalue weighted by molar-refractivity contribution is -0.148. The molecule has 1 aromatic rings. The van der Waals surface area contributed by atoms with Gasteiger partial charge in [0, 0.05) is 24.4 Å². The first kappa shape index (κ1) is 21.1. The summed E-state index contributed by atoms with van der Waals surface area (Å²) in [5, 5.41) is 2.94. The van der Waals surface area contributed by atoms with Crippen LogP contribution < -0.4 is 14.8 Å². The SMILES string of the molecule is C[C@@H]1CCCC[C@@H]1NC(=O)COC(=O)CCC(=O)c1ccc2c(c1)OCCCO2. The van der Waals surface area contributed by atoms with Gasteiger partial charge in [-0.25, -0.2) is 0 Å². The molecule has 3 rings (SSSR count). The zero-order valence-electron chi connectivity index (χ0n) is 16.9. The molecule has 7 nitrogen and oxygen atoms in total. The highest BCUT2D eigenvalue weighted by Gasteiger charge is 2.23. The van der Waals surface area contributed by atoms with Crippen LogP contribution in [0.25, 0.3) is 0 Å². The molecule has 0 saturated heterocycles. The Labute approximate surface area is 171 Å². The van der Waals surface area contributed by atoms with Gasteiger partial charge >= 0.3 is 5.97 Å². The molecule has 1 aliphatic heterocycles. The molecular formula is C22H29NO6. The fraction of sp³-hybridized carbons (Fsp3) is 0.591. The Morgan fingerprint density at radius 1 is 1.03 bits per heavy atom. The number of carbonyl (C=O) groups is 3. The van der Waals surface area contributed by atoms with Crippen LogP contribution in [0.5, 0.6) is 11.5 Å². The van der Waals surface area contributed by atoms with E-state index in [-0.39, 0.29) is 37.2 Å². The molecule has 1 aromatic carbocycles. The third-order valence-corrected chi connectivity index (χ3v) is 5.45. The molecule has 0 spiro atoms. The maximum absolute atomic E-state index is 12.4. The van der Waals surface area contributed by atoms with Gasteiger partial charge in [0.15, 0.2) is 23.9 Å². The predicted octanol–water partition coefficient (Wildman–Crippen LogP) is 3.05. The third kappa shape index (κ3) is 6.21. The quantitative estimate of drug-likeness (QED) is 0.556. The number of hydrogen-bond donors (Lipinski definition) is 1. The summed E-state index contributed by atoms with van der Waals surface area (Å²) in [6.45, 7) is 2.94. The third-order valence-electron chi connectivity index (χ3n) is 5.45. The van der Waals surface area contributed by atoms with Gasteiger partial charge in [-0.3, -0.25) is 14.4 Å². The molecule has 1 fully saturated rings. The number of ketones is 1. The van der Waals surface area contributed by atoms with Crippen LogP contribution in [0.2, 0.25) is 0 Å². The summed E-state index contributed by atoms with van der Waals surface area (Å²) in [5.74, 6) is 0.585. The number of amides is 1. The number of carbonyl (C=O) groups excluding carboxylic acids is 3. The molecule has 29 heavy (non-hydrogen) atoms.